The summed E-state index contributed by atoms with van der Waals surface area (Å²) in [7, 11) is 0. The Morgan fingerprint density at radius 2 is 1.59 bits per heavy atom. The number of amidine groups is 1. The topological polar surface area (TPSA) is 63.8 Å². The number of nitrogens with zero attached hydrogens (tertiary/aromatic N) is 2. The van der Waals surface area contributed by atoms with Gasteiger partial charge >= 0.3 is 18.9 Å². The van der Waals surface area contributed by atoms with Crippen LogP contribution in [0, 0.1) is 0 Å². The summed E-state index contributed by atoms with van der Waals surface area (Å²) in [6.45, 7) is 6.06. The Kier molecular flexibility index (Phi) is 11.0. The summed E-state index contributed by atoms with van der Waals surface area (Å²) in [5.41, 5.74) is 3.06. The number of hydrogen-bond acceptors (Lipinski definition) is 2. The van der Waals surface area contributed by atoms with Crippen molar-refractivity contribution in [3.63, 3.8) is 0 Å². The number of allylic oxidation sites excluding steroid dienone is 2. The van der Waals surface area contributed by atoms with Crippen LogP contribution in [0.4, 0.5) is 0 Å². The molecule has 0 saturated carbocycles. The molecule has 2 aromatic carbocycles. The molecule has 0 heterocycles. The molecule has 0 aliphatic carbocycles. The summed E-state index contributed by atoms with van der Waals surface area (Å²) in [6, 6.07) is 19.2. The number of ketones is 1. The van der Waals surface area contributed by atoms with E-state index in [0.717, 1.165) is 17.7 Å². The summed E-state index contributed by atoms with van der Waals surface area (Å²) >= 11 is 0. The summed E-state index contributed by atoms with van der Waals surface area (Å²) < 4.78 is 0. The molecule has 1 N–H and O–H groups in total. The quantitative estimate of drug-likeness (QED) is 0.313. The van der Waals surface area contributed by atoms with E-state index in [1.165, 1.54) is 0 Å². The van der Waals surface area contributed by atoms with Crippen LogP contribution in [0.3, 0.4) is 0 Å². The Morgan fingerprint density at radius 1 is 1.03 bits per heavy atom. The van der Waals surface area contributed by atoms with E-state index in [9.17, 15) is 10.2 Å². The Balaban J connectivity index is 0.00000420. The average Bonchev–Trinajstić information content (AvgIpc) is 2.68. The second kappa shape index (κ2) is 12.9. The van der Waals surface area contributed by atoms with Crippen molar-refractivity contribution < 1.29 is 23.7 Å². The maximum atomic E-state index is 12.2. The van der Waals surface area contributed by atoms with Crippen molar-refractivity contribution in [2.24, 2.45) is 4.99 Å². The van der Waals surface area contributed by atoms with Crippen LogP contribution < -0.4 is 24.2 Å². The van der Waals surface area contributed by atoms with Crippen molar-refractivity contribution in [1.82, 2.24) is 5.32 Å². The molecule has 0 bridgehead atoms. The van der Waals surface area contributed by atoms with Gasteiger partial charge in [0.1, 0.15) is 0 Å². The fourth-order valence-corrected chi connectivity index (χ4v) is 2.82. The Hall–Kier alpha value is -2.41. The predicted octanol–water partition coefficient (Wildman–Crippen LogP) is 2.14. The van der Waals surface area contributed by atoms with Gasteiger partial charge in [-0.15, -0.1) is 0 Å². The standard InChI is InChI=1S/C24H28N3O.Li/c1-4-11-22(28)16-21(26-18(2)3)17-23(19-12-7-5-8-13-19)27-24(25)20-14-9-6-10-15-20;/h5-10,12-16,18,26H,4,11,17H2,1-3H3;/q-1;+1/b21-16-,27-23?;. The molecule has 0 saturated heterocycles. The molecule has 0 aromatic heterocycles. The van der Waals surface area contributed by atoms with Crippen LogP contribution in [-0.2, 0) is 4.79 Å². The zero-order valence-electron chi connectivity index (χ0n) is 17.9. The van der Waals surface area contributed by atoms with Crippen LogP contribution in [0.15, 0.2) is 77.4 Å². The first-order chi connectivity index (χ1) is 13.5. The molecule has 4 nitrogen and oxygen atoms in total. The third kappa shape index (κ3) is 8.64. The van der Waals surface area contributed by atoms with E-state index in [4.69, 9.17) is 0 Å². The molecule has 0 aliphatic rings. The maximum absolute atomic E-state index is 12.2. The van der Waals surface area contributed by atoms with E-state index < -0.39 is 0 Å². The fraction of sp³-hybridized carbons (Fsp3) is 0.292. The third-order valence-corrected chi connectivity index (χ3v) is 4.04. The van der Waals surface area contributed by atoms with E-state index in [0.29, 0.717) is 24.1 Å². The fourth-order valence-electron chi connectivity index (χ4n) is 2.82. The predicted molar refractivity (Wildman–Crippen MR) is 118 cm³/mol. The number of rotatable bonds is 9. The van der Waals surface area contributed by atoms with Crippen LogP contribution in [0.5, 0.6) is 0 Å². The van der Waals surface area contributed by atoms with Gasteiger partial charge in [0.25, 0.3) is 0 Å². The van der Waals surface area contributed by atoms with E-state index in [1.54, 1.807) is 6.08 Å². The van der Waals surface area contributed by atoms with Crippen LogP contribution in [0.1, 0.15) is 51.2 Å². The first-order valence-corrected chi connectivity index (χ1v) is 9.73. The Bertz CT molecular complexity index is 843. The summed E-state index contributed by atoms with van der Waals surface area (Å²) in [6.07, 6.45) is 3.42. The maximum Gasteiger partial charge on any atom is 1.00 e. The minimum absolute atomic E-state index is 0. The van der Waals surface area contributed by atoms with Gasteiger partial charge in [-0.05, 0) is 31.4 Å². The first-order valence-electron chi connectivity index (χ1n) is 9.73. The molecule has 5 heteroatoms. The van der Waals surface area contributed by atoms with Gasteiger partial charge in [-0.25, -0.2) is 0 Å². The summed E-state index contributed by atoms with van der Waals surface area (Å²) in [5.74, 6) is 0.0533. The molecule has 0 amide bonds. The van der Waals surface area contributed by atoms with Crippen molar-refractivity contribution in [3.05, 3.63) is 89.0 Å². The van der Waals surface area contributed by atoms with E-state index in [-0.39, 0.29) is 36.5 Å². The van der Waals surface area contributed by atoms with Crippen molar-refractivity contribution in [1.29, 1.82) is 0 Å². The van der Waals surface area contributed by atoms with E-state index in [1.807, 2.05) is 81.4 Å². The molecule has 2 rings (SSSR count). The molecule has 2 aromatic rings. The second-order valence-electron chi connectivity index (χ2n) is 6.98. The largest absolute Gasteiger partial charge is 1.00 e. The third-order valence-electron chi connectivity index (χ3n) is 4.04. The molecule has 29 heavy (non-hydrogen) atoms. The van der Waals surface area contributed by atoms with E-state index >= 15 is 0 Å². The Morgan fingerprint density at radius 3 is 2.10 bits per heavy atom. The van der Waals surface area contributed by atoms with Crippen molar-refractivity contribution in [2.75, 3.05) is 0 Å². The van der Waals surface area contributed by atoms with Gasteiger partial charge < -0.3 is 15.7 Å². The molecule has 0 radical (unpaired) electrons. The molecular formula is C24H28LiN3O. The van der Waals surface area contributed by atoms with Crippen LogP contribution in [-0.4, -0.2) is 23.4 Å². The normalized spacial score (nSPS) is 11.7. The minimum atomic E-state index is -0.0387. The number of aliphatic imine (C=N–C) groups is 1. The second-order valence-corrected chi connectivity index (χ2v) is 6.98. The van der Waals surface area contributed by atoms with Crippen molar-refractivity contribution >= 4 is 17.3 Å². The number of nitrogens with one attached hydrogen (secondary N) is 1. The van der Waals surface area contributed by atoms with Crippen LogP contribution in [0.25, 0.3) is 5.41 Å². The van der Waals surface area contributed by atoms with Gasteiger partial charge in [0.05, 0.1) is 0 Å². The molecular weight excluding hydrogens is 353 g/mol. The monoisotopic (exact) mass is 381 g/mol. The SMILES string of the molecule is CCCC(=O)/C=C(/CC(=NC(=[N-])c1ccccc1)c1ccccc1)NC(C)C.[Li+]. The number of carbonyl (C=O) groups is 1. The van der Waals surface area contributed by atoms with Gasteiger partial charge in [-0.2, -0.15) is 0 Å². The zero-order valence-corrected chi connectivity index (χ0v) is 17.9. The zero-order chi connectivity index (χ0) is 20.4. The molecule has 0 unspecified atom stereocenters. The molecule has 0 aliphatic heterocycles. The number of carbonyl (C=O) groups excluding carboxylic acids is 1. The van der Waals surface area contributed by atoms with Gasteiger partial charge in [0.15, 0.2) is 5.78 Å². The minimum Gasteiger partial charge on any atom is -0.464 e. The van der Waals surface area contributed by atoms with Crippen molar-refractivity contribution in [3.8, 4) is 0 Å². The van der Waals surface area contributed by atoms with Gasteiger partial charge in [-0.1, -0.05) is 79.1 Å². The number of benzene rings is 2. The average molecular weight is 381 g/mol. The van der Waals surface area contributed by atoms with Crippen LogP contribution >= 0.6 is 0 Å². The van der Waals surface area contributed by atoms with Crippen molar-refractivity contribution in [2.45, 2.75) is 46.1 Å². The molecule has 0 atom stereocenters. The molecule has 0 spiro atoms. The van der Waals surface area contributed by atoms with E-state index in [2.05, 4.69) is 10.3 Å². The van der Waals surface area contributed by atoms with Gasteiger partial charge in [0, 0.05) is 30.7 Å². The number of hydrogen-bond donors (Lipinski definition) is 1. The molecule has 146 valence electrons. The summed E-state index contributed by atoms with van der Waals surface area (Å²) in [4.78, 5) is 16.7. The van der Waals surface area contributed by atoms with Gasteiger partial charge in [-0.3, -0.25) is 4.79 Å². The van der Waals surface area contributed by atoms with Crippen LogP contribution in [0.2, 0.25) is 0 Å². The first kappa shape index (κ1) is 24.6. The summed E-state index contributed by atoms with van der Waals surface area (Å²) in [5, 5.41) is 13.9. The molecule has 0 fully saturated rings. The Labute approximate surface area is 186 Å². The smallest absolute Gasteiger partial charge is 0.464 e. The van der Waals surface area contributed by atoms with Gasteiger partial charge in [0.2, 0.25) is 0 Å².